The van der Waals surface area contributed by atoms with Gasteiger partial charge in [-0.2, -0.15) is 0 Å². The third-order valence-corrected chi connectivity index (χ3v) is 1.75. The van der Waals surface area contributed by atoms with Crippen LogP contribution in [-0.2, 0) is 0 Å². The van der Waals surface area contributed by atoms with Crippen molar-refractivity contribution in [3.63, 3.8) is 0 Å². The normalized spacial score (nSPS) is 9.92. The van der Waals surface area contributed by atoms with Crippen molar-refractivity contribution in [2.24, 2.45) is 0 Å². The maximum Gasteiger partial charge on any atom is 0.0888 e. The van der Waals surface area contributed by atoms with Gasteiger partial charge in [0.15, 0.2) is 0 Å². The van der Waals surface area contributed by atoms with Gasteiger partial charge in [-0.05, 0) is 36.8 Å². The molecule has 2 heterocycles. The smallest absolute Gasteiger partial charge is 0.0888 e. The summed E-state index contributed by atoms with van der Waals surface area (Å²) in [4.78, 5) is 8.41. The molecule has 0 fully saturated rings. The predicted octanol–water partition coefficient (Wildman–Crippen LogP) is 2.33. The molecule has 0 bridgehead atoms. The van der Waals surface area contributed by atoms with E-state index < -0.39 is 0 Å². The van der Waals surface area contributed by atoms with E-state index in [4.69, 9.17) is 0 Å². The quantitative estimate of drug-likeness (QED) is 0.654. The van der Waals surface area contributed by atoms with Gasteiger partial charge in [0.1, 0.15) is 0 Å². The summed E-state index contributed by atoms with van der Waals surface area (Å²) in [6.07, 6.45) is 3.50. The lowest BCUT2D eigenvalue weighted by Crippen LogP contribution is -1.86. The summed E-state index contributed by atoms with van der Waals surface area (Å²) in [6.45, 7) is 3.84. The van der Waals surface area contributed by atoms with Gasteiger partial charge in [0, 0.05) is 12.4 Å². The van der Waals surface area contributed by atoms with E-state index in [1.807, 2.05) is 30.3 Å². The van der Waals surface area contributed by atoms with Crippen LogP contribution in [0.5, 0.6) is 0 Å². The second-order valence-electron chi connectivity index (χ2n) is 2.76. The van der Waals surface area contributed by atoms with Crippen LogP contribution in [0.25, 0.3) is 11.4 Å². The van der Waals surface area contributed by atoms with Gasteiger partial charge in [-0.15, -0.1) is 0 Å². The topological polar surface area (TPSA) is 25.8 Å². The number of nitrogens with zero attached hydrogens (tertiary/aromatic N) is 2. The number of rotatable bonds is 1. The Labute approximate surface area is 77.3 Å². The lowest BCUT2D eigenvalue weighted by molar-refractivity contribution is 1.24. The number of pyridine rings is 2. The summed E-state index contributed by atoms with van der Waals surface area (Å²) in [7, 11) is 0. The molecule has 0 saturated carbocycles. The molecule has 0 unspecified atom stereocenters. The molecule has 0 spiro atoms. The SMILES string of the molecule is [CH2]c1ccnc(-c2ccccn2)c1. The first kappa shape index (κ1) is 7.92. The van der Waals surface area contributed by atoms with Crippen molar-refractivity contribution in [3.8, 4) is 11.4 Å². The molecule has 2 aromatic heterocycles. The molecule has 0 atom stereocenters. The monoisotopic (exact) mass is 169 g/mol. The van der Waals surface area contributed by atoms with Crippen LogP contribution in [0.2, 0.25) is 0 Å². The molecule has 2 aromatic rings. The summed E-state index contributed by atoms with van der Waals surface area (Å²) in [5.41, 5.74) is 2.71. The largest absolute Gasteiger partial charge is 0.255 e. The van der Waals surface area contributed by atoms with Crippen molar-refractivity contribution in [1.82, 2.24) is 9.97 Å². The lowest BCUT2D eigenvalue weighted by Gasteiger charge is -1.99. The molecule has 2 heteroatoms. The van der Waals surface area contributed by atoms with Crippen molar-refractivity contribution >= 4 is 0 Å². The van der Waals surface area contributed by atoms with E-state index in [1.165, 1.54) is 0 Å². The van der Waals surface area contributed by atoms with Crippen molar-refractivity contribution in [1.29, 1.82) is 0 Å². The third-order valence-electron chi connectivity index (χ3n) is 1.75. The highest BCUT2D eigenvalue weighted by Gasteiger charge is 1.98. The van der Waals surface area contributed by atoms with Gasteiger partial charge in [0.25, 0.3) is 0 Å². The first-order valence-electron chi connectivity index (χ1n) is 4.06. The van der Waals surface area contributed by atoms with E-state index in [1.54, 1.807) is 12.4 Å². The Morgan fingerprint density at radius 1 is 0.923 bits per heavy atom. The fraction of sp³-hybridized carbons (Fsp3) is 0. The summed E-state index contributed by atoms with van der Waals surface area (Å²) in [6, 6.07) is 9.55. The zero-order valence-electron chi connectivity index (χ0n) is 7.14. The van der Waals surface area contributed by atoms with Gasteiger partial charge in [-0.25, -0.2) is 0 Å². The molecule has 2 rings (SSSR count). The van der Waals surface area contributed by atoms with Crippen molar-refractivity contribution < 1.29 is 0 Å². The van der Waals surface area contributed by atoms with E-state index in [2.05, 4.69) is 16.9 Å². The van der Waals surface area contributed by atoms with Crippen LogP contribution in [0.4, 0.5) is 0 Å². The lowest BCUT2D eigenvalue weighted by atomic mass is 10.2. The highest BCUT2D eigenvalue weighted by molar-refractivity contribution is 5.54. The van der Waals surface area contributed by atoms with Crippen LogP contribution in [0, 0.1) is 6.92 Å². The van der Waals surface area contributed by atoms with Crippen LogP contribution >= 0.6 is 0 Å². The molecule has 0 aromatic carbocycles. The minimum absolute atomic E-state index is 0.869. The second kappa shape index (κ2) is 3.35. The van der Waals surface area contributed by atoms with Gasteiger partial charge in [0.05, 0.1) is 11.4 Å². The van der Waals surface area contributed by atoms with Crippen LogP contribution in [0.3, 0.4) is 0 Å². The van der Waals surface area contributed by atoms with E-state index >= 15 is 0 Å². The molecular formula is C11H9N2. The van der Waals surface area contributed by atoms with Crippen LogP contribution in [0.15, 0.2) is 42.7 Å². The molecule has 0 aliphatic heterocycles. The van der Waals surface area contributed by atoms with Gasteiger partial charge in [-0.1, -0.05) is 6.07 Å². The van der Waals surface area contributed by atoms with Gasteiger partial charge >= 0.3 is 0 Å². The summed E-state index contributed by atoms with van der Waals surface area (Å²) >= 11 is 0. The minimum Gasteiger partial charge on any atom is -0.255 e. The average Bonchev–Trinajstić information content (AvgIpc) is 2.19. The van der Waals surface area contributed by atoms with E-state index in [9.17, 15) is 0 Å². The molecule has 63 valence electrons. The summed E-state index contributed by atoms with van der Waals surface area (Å²) in [5.74, 6) is 0. The Morgan fingerprint density at radius 3 is 2.46 bits per heavy atom. The fourth-order valence-electron chi connectivity index (χ4n) is 1.13. The van der Waals surface area contributed by atoms with Gasteiger partial charge in [-0.3, -0.25) is 9.97 Å². The minimum atomic E-state index is 0.869. The van der Waals surface area contributed by atoms with Gasteiger partial charge < -0.3 is 0 Å². The summed E-state index contributed by atoms with van der Waals surface area (Å²) in [5, 5.41) is 0. The first-order chi connectivity index (χ1) is 6.36. The Hall–Kier alpha value is -1.70. The molecule has 0 aliphatic carbocycles. The zero-order chi connectivity index (χ0) is 9.10. The maximum atomic E-state index is 4.21. The number of hydrogen-bond donors (Lipinski definition) is 0. The summed E-state index contributed by atoms with van der Waals surface area (Å²) < 4.78 is 0. The molecule has 0 amide bonds. The molecular weight excluding hydrogens is 160 g/mol. The van der Waals surface area contributed by atoms with Crippen molar-refractivity contribution in [3.05, 3.63) is 55.2 Å². The molecule has 0 saturated heterocycles. The zero-order valence-corrected chi connectivity index (χ0v) is 7.14. The molecule has 0 aliphatic rings. The van der Waals surface area contributed by atoms with E-state index in [-0.39, 0.29) is 0 Å². The van der Waals surface area contributed by atoms with E-state index in [0.717, 1.165) is 17.0 Å². The Bertz CT molecular complexity index is 396. The van der Waals surface area contributed by atoms with Crippen molar-refractivity contribution in [2.45, 2.75) is 0 Å². The average molecular weight is 169 g/mol. The molecule has 0 N–H and O–H groups in total. The fourth-order valence-corrected chi connectivity index (χ4v) is 1.13. The third kappa shape index (κ3) is 1.72. The Kier molecular flexibility index (Phi) is 2.04. The van der Waals surface area contributed by atoms with Gasteiger partial charge in [0.2, 0.25) is 0 Å². The van der Waals surface area contributed by atoms with E-state index in [0.29, 0.717) is 0 Å². The van der Waals surface area contributed by atoms with Crippen LogP contribution in [0.1, 0.15) is 5.56 Å². The highest BCUT2D eigenvalue weighted by atomic mass is 14.7. The maximum absolute atomic E-state index is 4.21. The Morgan fingerprint density at radius 2 is 1.77 bits per heavy atom. The number of aromatic nitrogens is 2. The van der Waals surface area contributed by atoms with Crippen molar-refractivity contribution in [2.75, 3.05) is 0 Å². The van der Waals surface area contributed by atoms with Crippen LogP contribution < -0.4 is 0 Å². The molecule has 1 radical (unpaired) electrons. The highest BCUT2D eigenvalue weighted by Crippen LogP contribution is 2.13. The van der Waals surface area contributed by atoms with Crippen LogP contribution in [-0.4, -0.2) is 9.97 Å². The Balaban J connectivity index is 2.48. The second-order valence-corrected chi connectivity index (χ2v) is 2.76. The number of hydrogen-bond acceptors (Lipinski definition) is 2. The molecule has 13 heavy (non-hydrogen) atoms. The first-order valence-corrected chi connectivity index (χ1v) is 4.06. The predicted molar refractivity (Wildman–Crippen MR) is 51.9 cm³/mol. The molecule has 2 nitrogen and oxygen atoms in total. The standard InChI is InChI=1S/C11H9N2/c1-9-5-7-13-11(8-9)10-4-2-3-6-12-10/h2-8H,1H2.